The molecular weight excluding hydrogens is 216 g/mol. The van der Waals surface area contributed by atoms with Crippen LogP contribution in [0.5, 0.6) is 0 Å². The van der Waals surface area contributed by atoms with Crippen molar-refractivity contribution in [1.82, 2.24) is 0 Å². The first-order valence-electron chi connectivity index (χ1n) is 6.40. The Labute approximate surface area is 103 Å². The fourth-order valence-corrected chi connectivity index (χ4v) is 4.24. The maximum Gasteiger partial charge on any atom is 0.0443 e. The van der Waals surface area contributed by atoms with Gasteiger partial charge in [0.1, 0.15) is 0 Å². The second kappa shape index (κ2) is 3.50. The summed E-state index contributed by atoms with van der Waals surface area (Å²) in [6.07, 6.45) is 4.12. The fourth-order valence-electron chi connectivity index (χ4n) is 3.91. The largest absolute Gasteiger partial charge is 0.0840 e. The van der Waals surface area contributed by atoms with Crippen molar-refractivity contribution in [3.63, 3.8) is 0 Å². The summed E-state index contributed by atoms with van der Waals surface area (Å²) < 4.78 is 0. The SMILES string of the molecule is CC(C)[C@@H]1CC[C@@]2(c3ccccc3Cl)CC12. The highest BCUT2D eigenvalue weighted by Gasteiger charge is 2.62. The van der Waals surface area contributed by atoms with E-state index in [1.54, 1.807) is 0 Å². The summed E-state index contributed by atoms with van der Waals surface area (Å²) in [7, 11) is 0. The van der Waals surface area contributed by atoms with Gasteiger partial charge in [0.05, 0.1) is 0 Å². The molecule has 2 aliphatic rings. The van der Waals surface area contributed by atoms with E-state index in [4.69, 9.17) is 11.6 Å². The molecule has 0 N–H and O–H groups in total. The van der Waals surface area contributed by atoms with Crippen molar-refractivity contribution >= 4 is 11.6 Å². The smallest absolute Gasteiger partial charge is 0.0443 e. The van der Waals surface area contributed by atoms with Crippen LogP contribution >= 0.6 is 11.6 Å². The molecule has 1 unspecified atom stereocenters. The molecule has 1 aromatic rings. The molecule has 1 heteroatoms. The summed E-state index contributed by atoms with van der Waals surface area (Å²) in [4.78, 5) is 0. The van der Waals surface area contributed by atoms with Crippen molar-refractivity contribution in [2.75, 3.05) is 0 Å². The highest BCUT2D eigenvalue weighted by atomic mass is 35.5. The van der Waals surface area contributed by atoms with Gasteiger partial charge in [-0.05, 0) is 48.6 Å². The zero-order valence-corrected chi connectivity index (χ0v) is 10.8. The summed E-state index contributed by atoms with van der Waals surface area (Å²) in [6.45, 7) is 4.73. The van der Waals surface area contributed by atoms with E-state index in [0.29, 0.717) is 5.41 Å². The van der Waals surface area contributed by atoms with Gasteiger partial charge in [-0.2, -0.15) is 0 Å². The van der Waals surface area contributed by atoms with Crippen LogP contribution in [0.4, 0.5) is 0 Å². The van der Waals surface area contributed by atoms with Gasteiger partial charge in [-0.15, -0.1) is 0 Å². The van der Waals surface area contributed by atoms with Crippen molar-refractivity contribution in [1.29, 1.82) is 0 Å². The Morgan fingerprint density at radius 3 is 2.62 bits per heavy atom. The van der Waals surface area contributed by atoms with E-state index >= 15 is 0 Å². The zero-order valence-electron chi connectivity index (χ0n) is 10.0. The number of hydrogen-bond donors (Lipinski definition) is 0. The van der Waals surface area contributed by atoms with Crippen LogP contribution in [0.1, 0.15) is 38.7 Å². The van der Waals surface area contributed by atoms with Gasteiger partial charge >= 0.3 is 0 Å². The molecule has 3 rings (SSSR count). The molecule has 0 spiro atoms. The van der Waals surface area contributed by atoms with Gasteiger partial charge < -0.3 is 0 Å². The quantitative estimate of drug-likeness (QED) is 0.698. The highest BCUT2D eigenvalue weighted by Crippen LogP contribution is 2.68. The average Bonchev–Trinajstić information content (AvgIpc) is 2.85. The molecule has 86 valence electrons. The van der Waals surface area contributed by atoms with E-state index in [9.17, 15) is 0 Å². The number of rotatable bonds is 2. The van der Waals surface area contributed by atoms with Crippen LogP contribution in [-0.2, 0) is 5.41 Å². The number of fused-ring (bicyclic) bond motifs is 1. The lowest BCUT2D eigenvalue weighted by Gasteiger charge is -2.15. The predicted molar refractivity (Wildman–Crippen MR) is 68.8 cm³/mol. The molecule has 2 fully saturated rings. The van der Waals surface area contributed by atoms with Crippen LogP contribution in [0.25, 0.3) is 0 Å². The molecule has 0 aromatic heterocycles. The van der Waals surface area contributed by atoms with Crippen LogP contribution in [-0.4, -0.2) is 0 Å². The first kappa shape index (κ1) is 10.7. The molecule has 0 heterocycles. The van der Waals surface area contributed by atoms with E-state index in [-0.39, 0.29) is 0 Å². The topological polar surface area (TPSA) is 0 Å². The average molecular weight is 235 g/mol. The first-order valence-corrected chi connectivity index (χ1v) is 6.78. The van der Waals surface area contributed by atoms with Crippen molar-refractivity contribution in [3.05, 3.63) is 34.9 Å². The van der Waals surface area contributed by atoms with Gasteiger partial charge in [0.15, 0.2) is 0 Å². The third kappa shape index (κ3) is 1.35. The van der Waals surface area contributed by atoms with E-state index in [0.717, 1.165) is 22.8 Å². The Balaban J connectivity index is 1.92. The van der Waals surface area contributed by atoms with Crippen LogP contribution < -0.4 is 0 Å². The lowest BCUT2D eigenvalue weighted by Crippen LogP contribution is -2.09. The molecule has 0 amide bonds. The Morgan fingerprint density at radius 2 is 2.06 bits per heavy atom. The summed E-state index contributed by atoms with van der Waals surface area (Å²) in [6, 6.07) is 8.46. The standard InChI is InChI=1S/C15H19Cl/c1-10(2)11-7-8-15(9-13(11)15)12-5-3-4-6-14(12)16/h3-6,10-11,13H,7-9H2,1-2H3/t11-,13?,15-/m0/s1. The second-order valence-electron chi connectivity index (χ2n) is 5.89. The van der Waals surface area contributed by atoms with Gasteiger partial charge in [-0.25, -0.2) is 0 Å². The van der Waals surface area contributed by atoms with Gasteiger partial charge in [0.25, 0.3) is 0 Å². The minimum atomic E-state index is 0.466. The summed E-state index contributed by atoms with van der Waals surface area (Å²) in [5.41, 5.74) is 1.89. The van der Waals surface area contributed by atoms with Crippen LogP contribution in [0.2, 0.25) is 5.02 Å². The third-order valence-corrected chi connectivity index (χ3v) is 5.17. The monoisotopic (exact) mass is 234 g/mol. The zero-order chi connectivity index (χ0) is 11.3. The molecule has 0 nitrogen and oxygen atoms in total. The van der Waals surface area contributed by atoms with Gasteiger partial charge in [-0.3, -0.25) is 0 Å². The van der Waals surface area contributed by atoms with Gasteiger partial charge in [-0.1, -0.05) is 43.6 Å². The van der Waals surface area contributed by atoms with E-state index in [2.05, 4.69) is 26.0 Å². The van der Waals surface area contributed by atoms with Crippen molar-refractivity contribution in [2.24, 2.45) is 17.8 Å². The Hall–Kier alpha value is -0.490. The summed E-state index contributed by atoms with van der Waals surface area (Å²) >= 11 is 6.35. The molecule has 0 aliphatic heterocycles. The van der Waals surface area contributed by atoms with E-state index < -0.39 is 0 Å². The van der Waals surface area contributed by atoms with Crippen LogP contribution in [0.15, 0.2) is 24.3 Å². The van der Waals surface area contributed by atoms with Gasteiger partial charge in [0, 0.05) is 10.4 Å². The Morgan fingerprint density at radius 1 is 1.31 bits per heavy atom. The normalized spacial score (nSPS) is 36.5. The van der Waals surface area contributed by atoms with E-state index in [1.165, 1.54) is 24.8 Å². The first-order chi connectivity index (χ1) is 7.65. The molecule has 0 bridgehead atoms. The molecule has 3 atom stereocenters. The van der Waals surface area contributed by atoms with Crippen molar-refractivity contribution in [3.8, 4) is 0 Å². The lowest BCUT2D eigenvalue weighted by atomic mass is 9.91. The number of hydrogen-bond acceptors (Lipinski definition) is 0. The third-order valence-electron chi connectivity index (χ3n) is 4.84. The molecule has 0 saturated heterocycles. The molecular formula is C15H19Cl. The Bertz CT molecular complexity index is 410. The fraction of sp³-hybridized carbons (Fsp3) is 0.600. The molecule has 2 aliphatic carbocycles. The number of halogens is 1. The van der Waals surface area contributed by atoms with Crippen molar-refractivity contribution in [2.45, 2.75) is 38.5 Å². The number of benzene rings is 1. The second-order valence-corrected chi connectivity index (χ2v) is 6.30. The van der Waals surface area contributed by atoms with Crippen molar-refractivity contribution < 1.29 is 0 Å². The lowest BCUT2D eigenvalue weighted by molar-refractivity contribution is 0.352. The Kier molecular flexibility index (Phi) is 2.33. The van der Waals surface area contributed by atoms with Crippen LogP contribution in [0, 0.1) is 17.8 Å². The molecule has 2 saturated carbocycles. The van der Waals surface area contributed by atoms with Crippen LogP contribution in [0.3, 0.4) is 0 Å². The minimum Gasteiger partial charge on any atom is -0.0840 e. The maximum atomic E-state index is 6.35. The summed E-state index contributed by atoms with van der Waals surface area (Å²) in [5, 5.41) is 0.981. The minimum absolute atomic E-state index is 0.466. The highest BCUT2D eigenvalue weighted by molar-refractivity contribution is 6.31. The molecule has 0 radical (unpaired) electrons. The van der Waals surface area contributed by atoms with E-state index in [1.807, 2.05) is 12.1 Å². The predicted octanol–water partition coefficient (Wildman–Crippen LogP) is 4.66. The summed E-state index contributed by atoms with van der Waals surface area (Å²) in [5.74, 6) is 2.67. The molecule has 1 aromatic carbocycles. The maximum absolute atomic E-state index is 6.35. The van der Waals surface area contributed by atoms with Gasteiger partial charge in [0.2, 0.25) is 0 Å². The molecule has 16 heavy (non-hydrogen) atoms.